The zero-order valence-corrected chi connectivity index (χ0v) is 9.63. The van der Waals surface area contributed by atoms with Gasteiger partial charge >= 0.3 is 17.8 Å². The Balaban J connectivity index is 3.07. The fourth-order valence-electron chi connectivity index (χ4n) is 1.60. The predicted octanol–water partition coefficient (Wildman–Crippen LogP) is 0.383. The molecule has 1 atom stereocenters. The summed E-state index contributed by atoms with van der Waals surface area (Å²) in [7, 11) is 0. The van der Waals surface area contributed by atoms with E-state index < -0.39 is 22.3 Å². The van der Waals surface area contributed by atoms with Crippen molar-refractivity contribution >= 4 is 33.8 Å². The van der Waals surface area contributed by atoms with E-state index >= 15 is 0 Å². The highest BCUT2D eigenvalue weighted by molar-refractivity contribution is 9.09. The summed E-state index contributed by atoms with van der Waals surface area (Å²) in [5.41, 5.74) is 0. The number of nitrogens with one attached hydrogen (secondary N) is 1. The van der Waals surface area contributed by atoms with Gasteiger partial charge < -0.3 is 0 Å². The third kappa shape index (κ3) is 1.48. The molecule has 1 aliphatic heterocycles. The molecule has 14 heavy (non-hydrogen) atoms. The van der Waals surface area contributed by atoms with Crippen LogP contribution in [0.4, 0.5) is 4.79 Å². The van der Waals surface area contributed by atoms with Crippen LogP contribution in [0.15, 0.2) is 0 Å². The lowest BCUT2D eigenvalue weighted by molar-refractivity contribution is -0.684. The number of quaternary nitrogens is 1. The first-order valence-electron chi connectivity index (χ1n) is 4.22. The van der Waals surface area contributed by atoms with E-state index in [9.17, 15) is 14.4 Å². The molecule has 1 aliphatic rings. The highest BCUT2D eigenvalue weighted by atomic mass is 79.9. The molecule has 1 heterocycles. The largest absolute Gasteiger partial charge is 0.432 e. The molecule has 0 radical (unpaired) electrons. The van der Waals surface area contributed by atoms with Gasteiger partial charge in [0.1, 0.15) is 6.54 Å². The maximum absolute atomic E-state index is 11.5. The van der Waals surface area contributed by atoms with Crippen LogP contribution in [0.1, 0.15) is 13.8 Å². The normalized spacial score (nSPS) is 24.5. The Labute approximate surface area is 90.2 Å². The van der Waals surface area contributed by atoms with Crippen LogP contribution in [-0.4, -0.2) is 40.2 Å². The van der Waals surface area contributed by atoms with Gasteiger partial charge in [0.2, 0.25) is 0 Å². The van der Waals surface area contributed by atoms with Crippen molar-refractivity contribution in [3.05, 3.63) is 0 Å². The fourth-order valence-corrected chi connectivity index (χ4v) is 1.96. The first kappa shape index (κ1) is 11.3. The van der Waals surface area contributed by atoms with E-state index in [0.717, 1.165) is 0 Å². The van der Waals surface area contributed by atoms with Gasteiger partial charge in [-0.15, -0.1) is 4.48 Å². The van der Waals surface area contributed by atoms with Crippen LogP contribution in [0, 0.1) is 0 Å². The summed E-state index contributed by atoms with van der Waals surface area (Å²) >= 11 is 3.21. The summed E-state index contributed by atoms with van der Waals surface area (Å²) in [4.78, 5) is 34.3. The van der Waals surface area contributed by atoms with Crippen molar-refractivity contribution in [2.75, 3.05) is 11.9 Å². The third-order valence-electron chi connectivity index (χ3n) is 2.43. The molecule has 1 fully saturated rings. The van der Waals surface area contributed by atoms with Crippen molar-refractivity contribution in [1.82, 2.24) is 5.32 Å². The Morgan fingerprint density at radius 3 is 2.21 bits per heavy atom. The number of urea groups is 1. The predicted molar refractivity (Wildman–Crippen MR) is 52.6 cm³/mol. The Hall–Kier alpha value is -0.750. The Morgan fingerprint density at radius 2 is 2.00 bits per heavy atom. The molecule has 0 saturated carbocycles. The summed E-state index contributed by atoms with van der Waals surface area (Å²) in [6.45, 7) is 2.73. The number of alkyl halides is 1. The molecule has 0 aliphatic carbocycles. The number of rotatable bonds is 1. The molecule has 1 saturated heterocycles. The van der Waals surface area contributed by atoms with E-state index in [0.29, 0.717) is 5.33 Å². The molecule has 1 rings (SSSR count). The van der Waals surface area contributed by atoms with Crippen LogP contribution >= 0.6 is 15.9 Å². The van der Waals surface area contributed by atoms with Gasteiger partial charge in [-0.05, 0) is 0 Å². The number of carbonyl (C=O) groups excluding carboxylic acids is 3. The van der Waals surface area contributed by atoms with E-state index in [1.807, 2.05) is 0 Å². The zero-order chi connectivity index (χ0) is 10.9. The molecule has 0 bridgehead atoms. The molecular formula is C8H12BrN2O3+. The van der Waals surface area contributed by atoms with Crippen LogP contribution in [0.2, 0.25) is 0 Å². The van der Waals surface area contributed by atoms with Crippen LogP contribution in [0.25, 0.3) is 0 Å². The fraction of sp³-hybridized carbons (Fsp3) is 0.625. The highest BCUT2D eigenvalue weighted by Gasteiger charge is 2.54. The standard InChI is InChI=1S/C8H11BrN2O3/c1-5(12)11(6(2)13)4-7(3-9)10-8(11)14/h7H,3-4H2,1-2H3/p+1. The van der Waals surface area contributed by atoms with Crippen molar-refractivity contribution in [2.45, 2.75) is 19.9 Å². The Morgan fingerprint density at radius 1 is 1.50 bits per heavy atom. The molecule has 4 amide bonds. The number of imide groups is 3. The van der Waals surface area contributed by atoms with E-state index in [2.05, 4.69) is 21.2 Å². The smallest absolute Gasteiger partial charge is 0.295 e. The van der Waals surface area contributed by atoms with Crippen molar-refractivity contribution in [3.8, 4) is 0 Å². The van der Waals surface area contributed by atoms with Gasteiger partial charge in [-0.25, -0.2) is 14.4 Å². The maximum Gasteiger partial charge on any atom is 0.432 e. The summed E-state index contributed by atoms with van der Waals surface area (Å²) in [5, 5.41) is 3.14. The lowest BCUT2D eigenvalue weighted by atomic mass is 10.3. The Kier molecular flexibility index (Phi) is 3.06. The molecule has 5 nitrogen and oxygen atoms in total. The van der Waals surface area contributed by atoms with Crippen LogP contribution in [0.5, 0.6) is 0 Å². The van der Waals surface area contributed by atoms with Gasteiger partial charge in [0.05, 0.1) is 19.9 Å². The molecule has 78 valence electrons. The molecule has 6 heteroatoms. The number of hydrogen-bond donors (Lipinski definition) is 1. The summed E-state index contributed by atoms with van der Waals surface area (Å²) in [5.74, 6) is -0.864. The van der Waals surface area contributed by atoms with E-state index in [-0.39, 0.29) is 12.6 Å². The monoisotopic (exact) mass is 263 g/mol. The average Bonchev–Trinajstić information content (AvgIpc) is 2.43. The van der Waals surface area contributed by atoms with Gasteiger partial charge in [0, 0.05) is 5.33 Å². The minimum Gasteiger partial charge on any atom is -0.295 e. The van der Waals surface area contributed by atoms with E-state index in [4.69, 9.17) is 0 Å². The second kappa shape index (κ2) is 3.78. The van der Waals surface area contributed by atoms with Crippen molar-refractivity contribution in [2.24, 2.45) is 0 Å². The lowest BCUT2D eigenvalue weighted by Crippen LogP contribution is -2.57. The molecule has 0 aromatic rings. The first-order valence-corrected chi connectivity index (χ1v) is 5.34. The summed E-state index contributed by atoms with van der Waals surface area (Å²) in [6.07, 6.45) is 0. The second-order valence-corrected chi connectivity index (χ2v) is 3.98. The SMILES string of the molecule is CC(=O)[N+]1(C(C)=O)CC(CBr)NC1=O. The maximum atomic E-state index is 11.5. The Bertz CT molecular complexity index is 289. The van der Waals surface area contributed by atoms with E-state index in [1.54, 1.807) is 0 Å². The minimum absolute atomic E-state index is 0.157. The molecular weight excluding hydrogens is 252 g/mol. The van der Waals surface area contributed by atoms with Crippen LogP contribution < -0.4 is 5.32 Å². The summed E-state index contributed by atoms with van der Waals surface area (Å²) in [6, 6.07) is -0.676. The lowest BCUT2D eigenvalue weighted by Gasteiger charge is -2.20. The quantitative estimate of drug-likeness (QED) is 0.550. The minimum atomic E-state index is -0.712. The van der Waals surface area contributed by atoms with Gasteiger partial charge in [0.25, 0.3) is 0 Å². The van der Waals surface area contributed by atoms with Crippen molar-refractivity contribution in [1.29, 1.82) is 0 Å². The molecule has 1 N–H and O–H groups in total. The number of hydrogen-bond acceptors (Lipinski definition) is 3. The molecule has 0 aromatic heterocycles. The van der Waals surface area contributed by atoms with Gasteiger partial charge in [-0.2, -0.15) is 0 Å². The third-order valence-corrected chi connectivity index (χ3v) is 3.21. The molecule has 0 spiro atoms. The van der Waals surface area contributed by atoms with Gasteiger partial charge in [-0.3, -0.25) is 5.32 Å². The van der Waals surface area contributed by atoms with E-state index in [1.165, 1.54) is 13.8 Å². The van der Waals surface area contributed by atoms with Gasteiger partial charge in [-0.1, -0.05) is 15.9 Å². The average molecular weight is 264 g/mol. The number of carbonyl (C=O) groups is 3. The van der Waals surface area contributed by atoms with Crippen molar-refractivity contribution in [3.63, 3.8) is 0 Å². The van der Waals surface area contributed by atoms with Gasteiger partial charge in [0.15, 0.2) is 0 Å². The molecule has 1 unspecified atom stereocenters. The molecule has 0 aromatic carbocycles. The second-order valence-electron chi connectivity index (χ2n) is 3.33. The van der Waals surface area contributed by atoms with Crippen LogP contribution in [-0.2, 0) is 9.59 Å². The topological polar surface area (TPSA) is 63.2 Å². The zero-order valence-electron chi connectivity index (χ0n) is 8.04. The highest BCUT2D eigenvalue weighted by Crippen LogP contribution is 2.18. The summed E-state index contributed by atoms with van der Waals surface area (Å²) < 4.78 is -0.712. The number of amides is 4. The van der Waals surface area contributed by atoms with Crippen molar-refractivity contribution < 1.29 is 18.9 Å². The van der Waals surface area contributed by atoms with Crippen LogP contribution in [0.3, 0.4) is 0 Å². The number of halogens is 1. The first-order chi connectivity index (χ1) is 6.45. The number of nitrogens with zero attached hydrogens (tertiary/aromatic N) is 1.